The number of fused-ring (bicyclic) bond motifs is 5. The highest BCUT2D eigenvalue weighted by Crippen LogP contribution is 2.43. The lowest BCUT2D eigenvalue weighted by atomic mass is 9.88. The highest BCUT2D eigenvalue weighted by atomic mass is 19.1. The number of carbonyl (C=O) groups is 2. The number of carbonyl (C=O) groups excluding carboxylic acids is 2. The van der Waals surface area contributed by atoms with Crippen LogP contribution < -0.4 is 15.5 Å². The lowest BCUT2D eigenvalue weighted by Gasteiger charge is -2.46. The first-order chi connectivity index (χ1) is 20.7. The molecule has 2 amide bonds. The standard InChI is InChI=1S/C31H30F3N3O6/c1-18-7-8-31(17-41-9-10-43-31)25-15-36(18)30(40)26-28(42-16-19-5-3-2-4-6-19)27(38)22(14-37(25)26)29(39)35-13-21-23(33)11-20(32)12-24(21)34/h2-6,11-12,14,18,25H,7-10,13,15-17H2,1H3,(H,35,39)/t18-,25+,31+/m0/s1. The summed E-state index contributed by atoms with van der Waals surface area (Å²) >= 11 is 0. The number of rotatable bonds is 6. The summed E-state index contributed by atoms with van der Waals surface area (Å²) in [7, 11) is 0. The minimum atomic E-state index is -1.18. The van der Waals surface area contributed by atoms with E-state index in [-0.39, 0.29) is 42.8 Å². The van der Waals surface area contributed by atoms with Gasteiger partial charge in [-0.2, -0.15) is 0 Å². The highest BCUT2D eigenvalue weighted by Gasteiger charge is 2.52. The van der Waals surface area contributed by atoms with E-state index in [1.54, 1.807) is 33.7 Å². The smallest absolute Gasteiger partial charge is 0.274 e. The Kier molecular flexibility index (Phi) is 7.74. The van der Waals surface area contributed by atoms with Crippen LogP contribution in [0.1, 0.15) is 57.8 Å². The number of hydrogen-bond donors (Lipinski definition) is 1. The normalized spacial score (nSPS) is 23.1. The van der Waals surface area contributed by atoms with E-state index in [9.17, 15) is 27.6 Å². The van der Waals surface area contributed by atoms with Gasteiger partial charge in [-0.25, -0.2) is 13.2 Å². The number of halogens is 3. The molecule has 1 aromatic heterocycles. The van der Waals surface area contributed by atoms with Crippen LogP contribution in [0.15, 0.2) is 53.5 Å². The van der Waals surface area contributed by atoms with Crippen LogP contribution in [-0.2, 0) is 22.6 Å². The molecule has 1 N–H and O–H groups in total. The maximum absolute atomic E-state index is 14.3. The molecule has 3 atom stereocenters. The summed E-state index contributed by atoms with van der Waals surface area (Å²) in [4.78, 5) is 42.9. The van der Waals surface area contributed by atoms with Crippen molar-refractivity contribution in [2.45, 2.75) is 50.6 Å². The number of nitrogens with one attached hydrogen (secondary N) is 1. The monoisotopic (exact) mass is 597 g/mol. The Morgan fingerprint density at radius 3 is 2.56 bits per heavy atom. The fourth-order valence-corrected chi connectivity index (χ4v) is 6.09. The molecule has 226 valence electrons. The predicted molar refractivity (Wildman–Crippen MR) is 147 cm³/mol. The van der Waals surface area contributed by atoms with Gasteiger partial charge in [0.05, 0.1) is 25.9 Å². The van der Waals surface area contributed by atoms with E-state index in [1.165, 1.54) is 6.20 Å². The van der Waals surface area contributed by atoms with Crippen molar-refractivity contribution < 1.29 is 37.0 Å². The van der Waals surface area contributed by atoms with Gasteiger partial charge in [-0.1, -0.05) is 30.3 Å². The Bertz CT molecular complexity index is 1600. The van der Waals surface area contributed by atoms with E-state index in [4.69, 9.17) is 14.2 Å². The number of benzene rings is 2. The van der Waals surface area contributed by atoms with Crippen LogP contribution in [0.5, 0.6) is 5.75 Å². The number of pyridine rings is 1. The fourth-order valence-electron chi connectivity index (χ4n) is 6.09. The lowest BCUT2D eigenvalue weighted by molar-refractivity contribution is -0.182. The van der Waals surface area contributed by atoms with E-state index in [0.717, 1.165) is 5.56 Å². The Hall–Kier alpha value is -4.16. The molecule has 2 saturated heterocycles. The first-order valence-electron chi connectivity index (χ1n) is 14.1. The molecular weight excluding hydrogens is 567 g/mol. The minimum Gasteiger partial charge on any atom is -0.483 e. The highest BCUT2D eigenvalue weighted by molar-refractivity contribution is 5.99. The van der Waals surface area contributed by atoms with Gasteiger partial charge in [0.25, 0.3) is 11.8 Å². The van der Waals surface area contributed by atoms with Gasteiger partial charge in [0, 0.05) is 43.0 Å². The topological polar surface area (TPSA) is 99.1 Å². The summed E-state index contributed by atoms with van der Waals surface area (Å²) in [5, 5.41) is 2.36. The molecule has 0 saturated carbocycles. The van der Waals surface area contributed by atoms with Crippen molar-refractivity contribution >= 4 is 11.8 Å². The second kappa shape index (κ2) is 11.5. The third kappa shape index (κ3) is 5.29. The number of hydrogen-bond acceptors (Lipinski definition) is 6. The molecular formula is C31H30F3N3O6. The number of nitrogens with zero attached hydrogens (tertiary/aromatic N) is 2. The van der Waals surface area contributed by atoms with Crippen molar-refractivity contribution in [3.05, 3.63) is 98.7 Å². The fraction of sp³-hybridized carbons (Fsp3) is 0.387. The van der Waals surface area contributed by atoms with Gasteiger partial charge >= 0.3 is 0 Å². The molecule has 2 aromatic carbocycles. The van der Waals surface area contributed by atoms with Gasteiger partial charge in [-0.05, 0) is 25.3 Å². The van der Waals surface area contributed by atoms with E-state index >= 15 is 0 Å². The van der Waals surface area contributed by atoms with Crippen molar-refractivity contribution in [2.75, 3.05) is 26.4 Å². The molecule has 2 fully saturated rings. The Morgan fingerprint density at radius 1 is 1.12 bits per heavy atom. The zero-order valence-electron chi connectivity index (χ0n) is 23.4. The van der Waals surface area contributed by atoms with E-state index in [1.807, 2.05) is 13.0 Å². The molecule has 3 aliphatic heterocycles. The summed E-state index contributed by atoms with van der Waals surface area (Å²) in [6.07, 6.45) is 2.49. The molecule has 3 aliphatic rings. The number of ether oxygens (including phenoxy) is 3. The van der Waals surface area contributed by atoms with Crippen LogP contribution in [0.3, 0.4) is 0 Å². The van der Waals surface area contributed by atoms with Gasteiger partial charge in [0.1, 0.15) is 35.2 Å². The van der Waals surface area contributed by atoms with Crippen molar-refractivity contribution in [1.82, 2.24) is 14.8 Å². The molecule has 4 heterocycles. The van der Waals surface area contributed by atoms with Crippen molar-refractivity contribution in [3.63, 3.8) is 0 Å². The Morgan fingerprint density at radius 2 is 1.86 bits per heavy atom. The van der Waals surface area contributed by atoms with Crippen molar-refractivity contribution in [3.8, 4) is 5.75 Å². The van der Waals surface area contributed by atoms with Crippen LogP contribution in [0, 0.1) is 17.5 Å². The van der Waals surface area contributed by atoms with Crippen LogP contribution in [0.25, 0.3) is 0 Å². The maximum atomic E-state index is 14.3. The predicted octanol–water partition coefficient (Wildman–Crippen LogP) is 3.74. The maximum Gasteiger partial charge on any atom is 0.274 e. The first-order valence-corrected chi connectivity index (χ1v) is 14.1. The van der Waals surface area contributed by atoms with Crippen molar-refractivity contribution in [2.24, 2.45) is 0 Å². The quantitative estimate of drug-likeness (QED) is 0.465. The molecule has 6 rings (SSSR count). The Labute approximate surface area is 245 Å². The zero-order chi connectivity index (χ0) is 30.3. The van der Waals surface area contributed by atoms with Gasteiger partial charge in [-0.3, -0.25) is 14.4 Å². The van der Waals surface area contributed by atoms with Crippen LogP contribution in [0.2, 0.25) is 0 Å². The Balaban J connectivity index is 1.45. The van der Waals surface area contributed by atoms with E-state index in [0.29, 0.717) is 38.2 Å². The summed E-state index contributed by atoms with van der Waals surface area (Å²) in [5.41, 5.74) is -1.92. The molecule has 0 unspecified atom stereocenters. The average molecular weight is 598 g/mol. The summed E-state index contributed by atoms with van der Waals surface area (Å²) in [6, 6.07) is 9.34. The molecule has 0 radical (unpaired) electrons. The summed E-state index contributed by atoms with van der Waals surface area (Å²) in [5.74, 6) is -5.13. The number of amides is 2. The van der Waals surface area contributed by atoms with Gasteiger partial charge in [-0.15, -0.1) is 0 Å². The van der Waals surface area contributed by atoms with Gasteiger partial charge < -0.3 is 29.0 Å². The molecule has 2 bridgehead atoms. The second-order valence-corrected chi connectivity index (χ2v) is 11.1. The third-order valence-corrected chi connectivity index (χ3v) is 8.45. The van der Waals surface area contributed by atoms with Crippen molar-refractivity contribution in [1.29, 1.82) is 0 Å². The average Bonchev–Trinajstić information content (AvgIpc) is 3.11. The molecule has 43 heavy (non-hydrogen) atoms. The van der Waals surface area contributed by atoms with E-state index < -0.39 is 58.4 Å². The summed E-state index contributed by atoms with van der Waals surface area (Å²) in [6.45, 7) is 2.50. The summed E-state index contributed by atoms with van der Waals surface area (Å²) < 4.78 is 61.7. The second-order valence-electron chi connectivity index (χ2n) is 11.1. The van der Waals surface area contributed by atoms with Gasteiger partial charge in [0.15, 0.2) is 11.4 Å². The van der Waals surface area contributed by atoms with Crippen LogP contribution in [0.4, 0.5) is 13.2 Å². The molecule has 1 spiro atoms. The minimum absolute atomic E-state index is 0.00773. The van der Waals surface area contributed by atoms with E-state index in [2.05, 4.69) is 5.32 Å². The van der Waals surface area contributed by atoms with Crippen LogP contribution in [-0.4, -0.2) is 59.3 Å². The first kappa shape index (κ1) is 28.9. The largest absolute Gasteiger partial charge is 0.483 e. The SMILES string of the molecule is C[C@H]1CC[C@@]2(COCCO2)[C@H]2CN1C(=O)c1c(OCc3ccccc3)c(=O)c(C(=O)NCc3c(F)cc(F)cc3F)cn12. The van der Waals surface area contributed by atoms with Crippen LogP contribution >= 0.6 is 0 Å². The molecule has 3 aromatic rings. The zero-order valence-corrected chi connectivity index (χ0v) is 23.4. The molecule has 12 heteroatoms. The molecule has 0 aliphatic carbocycles. The van der Waals surface area contributed by atoms with Gasteiger partial charge in [0.2, 0.25) is 5.43 Å². The number of aromatic nitrogens is 1. The third-order valence-electron chi connectivity index (χ3n) is 8.45. The molecule has 9 nitrogen and oxygen atoms in total. The lowest BCUT2D eigenvalue weighted by Crippen LogP contribution is -2.56.